The van der Waals surface area contributed by atoms with Crippen molar-refractivity contribution in [2.45, 2.75) is 44.6 Å². The smallest absolute Gasteiger partial charge is 0.244 e. The van der Waals surface area contributed by atoms with E-state index in [1.54, 1.807) is 10.4 Å². The standard InChI is InChI=1S/C14H23BrN2O2S2/c1-10(2)16-9-12-4-6-17(7-5-12)21(18,19)13-8-14(15)20-11(13)3/h8,10,12,16H,4-7,9H2,1-3H3. The first-order valence-corrected chi connectivity index (χ1v) is 10.3. The summed E-state index contributed by atoms with van der Waals surface area (Å²) in [6.07, 6.45) is 1.87. The van der Waals surface area contributed by atoms with Crippen LogP contribution in [0.2, 0.25) is 0 Å². The predicted molar refractivity (Wildman–Crippen MR) is 91.4 cm³/mol. The number of sulfonamides is 1. The third-order valence-corrected chi connectivity index (χ3v) is 7.56. The Morgan fingerprint density at radius 1 is 1.43 bits per heavy atom. The summed E-state index contributed by atoms with van der Waals surface area (Å²) < 4.78 is 27.9. The van der Waals surface area contributed by atoms with E-state index in [9.17, 15) is 8.42 Å². The Balaban J connectivity index is 2.00. The van der Waals surface area contributed by atoms with Gasteiger partial charge in [-0.25, -0.2) is 8.42 Å². The second-order valence-corrected chi connectivity index (χ2v) is 10.4. The number of nitrogens with zero attached hydrogens (tertiary/aromatic N) is 1. The van der Waals surface area contributed by atoms with Crippen LogP contribution in [0.25, 0.3) is 0 Å². The molecule has 1 aromatic heterocycles. The number of piperidine rings is 1. The van der Waals surface area contributed by atoms with E-state index >= 15 is 0 Å². The lowest BCUT2D eigenvalue weighted by Crippen LogP contribution is -2.41. The molecule has 1 saturated heterocycles. The van der Waals surface area contributed by atoms with Crippen LogP contribution < -0.4 is 5.32 Å². The lowest BCUT2D eigenvalue weighted by Gasteiger charge is -2.31. The van der Waals surface area contributed by atoms with Crippen LogP contribution in [0.15, 0.2) is 14.7 Å². The zero-order valence-electron chi connectivity index (χ0n) is 12.7. The van der Waals surface area contributed by atoms with Crippen molar-refractivity contribution < 1.29 is 8.42 Å². The van der Waals surface area contributed by atoms with Crippen molar-refractivity contribution in [2.75, 3.05) is 19.6 Å². The quantitative estimate of drug-likeness (QED) is 0.833. The van der Waals surface area contributed by atoms with Crippen molar-refractivity contribution >= 4 is 37.3 Å². The Kier molecular flexibility index (Phi) is 5.87. The van der Waals surface area contributed by atoms with Crippen LogP contribution in [0.3, 0.4) is 0 Å². The lowest BCUT2D eigenvalue weighted by atomic mass is 9.98. The summed E-state index contributed by atoms with van der Waals surface area (Å²) in [7, 11) is -3.33. The molecule has 0 aromatic carbocycles. The molecule has 1 aliphatic rings. The number of hydrogen-bond donors (Lipinski definition) is 1. The largest absolute Gasteiger partial charge is 0.314 e. The molecule has 120 valence electrons. The number of thiophene rings is 1. The summed E-state index contributed by atoms with van der Waals surface area (Å²) in [4.78, 5) is 1.31. The van der Waals surface area contributed by atoms with Crippen LogP contribution in [-0.2, 0) is 10.0 Å². The number of hydrogen-bond acceptors (Lipinski definition) is 4. The highest BCUT2D eigenvalue weighted by Gasteiger charge is 2.31. The molecular weight excluding hydrogens is 372 g/mol. The van der Waals surface area contributed by atoms with Crippen LogP contribution in [-0.4, -0.2) is 38.4 Å². The molecule has 0 unspecified atom stereocenters. The minimum absolute atomic E-state index is 0.457. The Hall–Kier alpha value is 0.0500. The Morgan fingerprint density at radius 3 is 2.52 bits per heavy atom. The Labute approximate surface area is 140 Å². The average molecular weight is 395 g/mol. The van der Waals surface area contributed by atoms with Crippen molar-refractivity contribution in [3.8, 4) is 0 Å². The van der Waals surface area contributed by atoms with Gasteiger partial charge >= 0.3 is 0 Å². The van der Waals surface area contributed by atoms with Crippen molar-refractivity contribution in [3.05, 3.63) is 14.7 Å². The minimum atomic E-state index is -3.33. The second-order valence-electron chi connectivity index (χ2n) is 5.88. The van der Waals surface area contributed by atoms with E-state index < -0.39 is 10.0 Å². The zero-order valence-corrected chi connectivity index (χ0v) is 15.9. The van der Waals surface area contributed by atoms with Gasteiger partial charge in [-0.3, -0.25) is 0 Å². The third-order valence-electron chi connectivity index (χ3n) is 3.85. The molecule has 1 aromatic rings. The normalized spacial score (nSPS) is 18.5. The molecule has 1 aliphatic heterocycles. The van der Waals surface area contributed by atoms with Crippen molar-refractivity contribution in [1.82, 2.24) is 9.62 Å². The van der Waals surface area contributed by atoms with Crippen molar-refractivity contribution in [1.29, 1.82) is 0 Å². The molecule has 0 bridgehead atoms. The van der Waals surface area contributed by atoms with Crippen LogP contribution in [0.5, 0.6) is 0 Å². The van der Waals surface area contributed by atoms with Gasteiger partial charge in [0.05, 0.1) is 8.68 Å². The topological polar surface area (TPSA) is 49.4 Å². The van der Waals surface area contributed by atoms with Gasteiger partial charge in [-0.2, -0.15) is 4.31 Å². The Bertz CT molecular complexity index is 576. The zero-order chi connectivity index (χ0) is 15.6. The van der Waals surface area contributed by atoms with Crippen LogP contribution >= 0.6 is 27.3 Å². The first kappa shape index (κ1) is 17.4. The van der Waals surface area contributed by atoms with Gasteiger partial charge < -0.3 is 5.32 Å². The van der Waals surface area contributed by atoms with Gasteiger partial charge in [-0.15, -0.1) is 11.3 Å². The lowest BCUT2D eigenvalue weighted by molar-refractivity contribution is 0.264. The van der Waals surface area contributed by atoms with E-state index in [0.717, 1.165) is 28.0 Å². The van der Waals surface area contributed by atoms with Crippen LogP contribution in [0.4, 0.5) is 0 Å². The molecule has 0 spiro atoms. The number of aryl methyl sites for hydroxylation is 1. The summed E-state index contributed by atoms with van der Waals surface area (Å²) in [5.41, 5.74) is 0. The van der Waals surface area contributed by atoms with Gasteiger partial charge in [-0.1, -0.05) is 13.8 Å². The van der Waals surface area contributed by atoms with Crippen LogP contribution in [0, 0.1) is 12.8 Å². The summed E-state index contributed by atoms with van der Waals surface area (Å²) in [5, 5.41) is 3.44. The molecule has 1 fully saturated rings. The van der Waals surface area contributed by atoms with E-state index in [1.807, 2.05) is 6.92 Å². The van der Waals surface area contributed by atoms with Crippen molar-refractivity contribution in [3.63, 3.8) is 0 Å². The van der Waals surface area contributed by atoms with E-state index in [1.165, 1.54) is 11.3 Å². The minimum Gasteiger partial charge on any atom is -0.314 e. The highest BCUT2D eigenvalue weighted by molar-refractivity contribution is 9.11. The van der Waals surface area contributed by atoms with Crippen molar-refractivity contribution in [2.24, 2.45) is 5.92 Å². The monoisotopic (exact) mass is 394 g/mol. The van der Waals surface area contributed by atoms with E-state index in [4.69, 9.17) is 0 Å². The van der Waals surface area contributed by atoms with Gasteiger partial charge in [0.1, 0.15) is 0 Å². The number of rotatable bonds is 5. The van der Waals surface area contributed by atoms with Gasteiger partial charge in [0.2, 0.25) is 10.0 Å². The third kappa shape index (κ3) is 4.28. The fraction of sp³-hybridized carbons (Fsp3) is 0.714. The SMILES string of the molecule is Cc1sc(Br)cc1S(=O)(=O)N1CCC(CNC(C)C)CC1. The number of nitrogens with one attached hydrogen (secondary N) is 1. The summed E-state index contributed by atoms with van der Waals surface area (Å²) in [6, 6.07) is 2.21. The number of halogens is 1. The molecule has 21 heavy (non-hydrogen) atoms. The molecule has 0 radical (unpaired) electrons. The predicted octanol–water partition coefficient (Wildman–Crippen LogP) is 3.22. The molecule has 2 rings (SSSR count). The Morgan fingerprint density at radius 2 is 2.05 bits per heavy atom. The molecular formula is C14H23BrN2O2S2. The molecule has 7 heteroatoms. The fourth-order valence-corrected chi connectivity index (χ4v) is 6.43. The molecule has 0 atom stereocenters. The maximum atomic E-state index is 12.7. The first-order valence-electron chi connectivity index (χ1n) is 7.30. The summed E-state index contributed by atoms with van der Waals surface area (Å²) in [6.45, 7) is 8.36. The molecule has 0 aliphatic carbocycles. The maximum absolute atomic E-state index is 12.7. The van der Waals surface area contributed by atoms with Gasteiger partial charge in [0, 0.05) is 24.0 Å². The highest BCUT2D eigenvalue weighted by atomic mass is 79.9. The van der Waals surface area contributed by atoms with E-state index in [0.29, 0.717) is 29.9 Å². The van der Waals surface area contributed by atoms with Gasteiger partial charge in [0.15, 0.2) is 0 Å². The molecule has 0 amide bonds. The van der Waals surface area contributed by atoms with E-state index in [2.05, 4.69) is 35.1 Å². The average Bonchev–Trinajstić information content (AvgIpc) is 2.76. The molecule has 2 heterocycles. The van der Waals surface area contributed by atoms with Gasteiger partial charge in [0.25, 0.3) is 0 Å². The molecule has 4 nitrogen and oxygen atoms in total. The maximum Gasteiger partial charge on any atom is 0.244 e. The summed E-state index contributed by atoms with van der Waals surface area (Å²) >= 11 is 4.84. The molecule has 0 saturated carbocycles. The van der Waals surface area contributed by atoms with E-state index in [-0.39, 0.29) is 0 Å². The molecule has 1 N–H and O–H groups in total. The van der Waals surface area contributed by atoms with Gasteiger partial charge in [-0.05, 0) is 54.2 Å². The summed E-state index contributed by atoms with van der Waals surface area (Å²) in [5.74, 6) is 0.578. The highest BCUT2D eigenvalue weighted by Crippen LogP contribution is 2.33. The fourth-order valence-electron chi connectivity index (χ4n) is 2.58. The second kappa shape index (κ2) is 7.08. The first-order chi connectivity index (χ1) is 9.80. The van der Waals surface area contributed by atoms with Crippen LogP contribution in [0.1, 0.15) is 31.6 Å².